The molecule has 0 spiro atoms. The molecule has 0 radical (unpaired) electrons. The van der Waals surface area contributed by atoms with E-state index in [2.05, 4.69) is 4.99 Å². The smallest absolute Gasteiger partial charge is 0.351 e. The SMILES string of the molecule is F/C(=C1/N=C(N2CCCCCC2)SC1(C(F)(F)F)C(F)(F)F)C(F)(F)F. The van der Waals surface area contributed by atoms with Crippen LogP contribution in [0.15, 0.2) is 16.5 Å². The molecule has 0 N–H and O–H groups in total. The van der Waals surface area contributed by atoms with Crippen LogP contribution in [0.4, 0.5) is 43.9 Å². The monoisotopic (exact) mass is 418 g/mol. The number of halogens is 10. The number of allylic oxidation sites excluding steroid dienone is 1. The van der Waals surface area contributed by atoms with Gasteiger partial charge in [-0.1, -0.05) is 24.6 Å². The molecule has 1 saturated heterocycles. The third-order valence-electron chi connectivity index (χ3n) is 3.92. The van der Waals surface area contributed by atoms with E-state index in [0.29, 0.717) is 25.7 Å². The number of likely N-dealkylation sites (tertiary alicyclic amines) is 1. The summed E-state index contributed by atoms with van der Waals surface area (Å²) in [5.41, 5.74) is -2.70. The maximum Gasteiger partial charge on any atom is 0.444 e. The van der Waals surface area contributed by atoms with E-state index in [-0.39, 0.29) is 13.1 Å². The fourth-order valence-electron chi connectivity index (χ4n) is 2.66. The standard InChI is InChI=1S/C13H12F10N2S/c14-7(11(15,16)17)8-10(12(18,19)20,13(21,22)23)26-9(24-8)25-5-3-1-2-4-6-25/h1-6H2/b8-7+. The van der Waals surface area contributed by atoms with Crippen molar-refractivity contribution in [2.24, 2.45) is 4.99 Å². The molecule has 0 atom stereocenters. The highest BCUT2D eigenvalue weighted by atomic mass is 32.2. The highest BCUT2D eigenvalue weighted by molar-refractivity contribution is 8.15. The van der Waals surface area contributed by atoms with Gasteiger partial charge in [-0.05, 0) is 12.8 Å². The predicted molar refractivity (Wildman–Crippen MR) is 74.1 cm³/mol. The van der Waals surface area contributed by atoms with Crippen molar-refractivity contribution < 1.29 is 43.9 Å². The number of rotatable bonds is 0. The predicted octanol–water partition coefficient (Wildman–Crippen LogP) is 5.57. The highest BCUT2D eigenvalue weighted by Crippen LogP contribution is 2.62. The molecule has 1 fully saturated rings. The lowest BCUT2D eigenvalue weighted by Gasteiger charge is -2.34. The van der Waals surface area contributed by atoms with Crippen LogP contribution in [-0.2, 0) is 0 Å². The van der Waals surface area contributed by atoms with Crippen LogP contribution < -0.4 is 0 Å². The van der Waals surface area contributed by atoms with Crippen molar-refractivity contribution in [1.82, 2.24) is 4.90 Å². The van der Waals surface area contributed by atoms with E-state index >= 15 is 0 Å². The Labute approximate surface area is 145 Å². The van der Waals surface area contributed by atoms with E-state index in [1.54, 1.807) is 0 Å². The highest BCUT2D eigenvalue weighted by Gasteiger charge is 2.78. The molecule has 2 heterocycles. The minimum Gasteiger partial charge on any atom is -0.351 e. The molecule has 0 unspecified atom stereocenters. The van der Waals surface area contributed by atoms with Crippen molar-refractivity contribution in [3.63, 3.8) is 0 Å². The van der Waals surface area contributed by atoms with Gasteiger partial charge in [0.2, 0.25) is 5.83 Å². The second kappa shape index (κ2) is 6.79. The van der Waals surface area contributed by atoms with Crippen molar-refractivity contribution in [3.05, 3.63) is 11.5 Å². The van der Waals surface area contributed by atoms with Crippen molar-refractivity contribution in [2.75, 3.05) is 13.1 Å². The third kappa shape index (κ3) is 3.63. The van der Waals surface area contributed by atoms with Gasteiger partial charge in [-0.2, -0.15) is 43.9 Å². The summed E-state index contributed by atoms with van der Waals surface area (Å²) in [4.78, 5) is 3.90. The molecule has 2 aliphatic heterocycles. The van der Waals surface area contributed by atoms with Crippen LogP contribution >= 0.6 is 11.8 Å². The van der Waals surface area contributed by atoms with Gasteiger partial charge in [0.05, 0.1) is 0 Å². The van der Waals surface area contributed by atoms with Crippen molar-refractivity contribution in [2.45, 2.75) is 49.0 Å². The number of thioether (sulfide) groups is 1. The van der Waals surface area contributed by atoms with Gasteiger partial charge in [0, 0.05) is 13.1 Å². The lowest BCUT2D eigenvalue weighted by atomic mass is 10.0. The summed E-state index contributed by atoms with van der Waals surface area (Å²) >= 11 is -0.932. The van der Waals surface area contributed by atoms with Crippen LogP contribution in [0.2, 0.25) is 0 Å². The average molecular weight is 418 g/mol. The lowest BCUT2D eigenvalue weighted by Crippen LogP contribution is -2.55. The van der Waals surface area contributed by atoms with E-state index in [1.165, 1.54) is 0 Å². The van der Waals surface area contributed by atoms with Crippen LogP contribution in [0.3, 0.4) is 0 Å². The summed E-state index contributed by atoms with van der Waals surface area (Å²) in [6.07, 6.45) is -16.3. The molecule has 13 heteroatoms. The molecule has 0 aromatic rings. The summed E-state index contributed by atoms with van der Waals surface area (Å²) in [5, 5.41) is -0.907. The Morgan fingerprint density at radius 3 is 1.69 bits per heavy atom. The second-order valence-electron chi connectivity index (χ2n) is 5.73. The number of alkyl halides is 9. The largest absolute Gasteiger partial charge is 0.444 e. The summed E-state index contributed by atoms with van der Waals surface area (Å²) in [6, 6.07) is 0. The van der Waals surface area contributed by atoms with Gasteiger partial charge in [-0.25, -0.2) is 4.99 Å². The summed E-state index contributed by atoms with van der Waals surface area (Å²) in [6.45, 7) is 0.0527. The van der Waals surface area contributed by atoms with Crippen LogP contribution in [0, 0.1) is 0 Å². The molecular formula is C13H12F10N2S. The van der Waals surface area contributed by atoms with Gasteiger partial charge in [0.25, 0.3) is 4.75 Å². The first kappa shape index (κ1) is 21.2. The maximum atomic E-state index is 13.6. The molecule has 2 rings (SSSR count). The minimum absolute atomic E-state index is 0.0263. The number of amidine groups is 1. The van der Waals surface area contributed by atoms with Gasteiger partial charge in [-0.15, -0.1) is 0 Å². The molecule has 0 bridgehead atoms. The molecule has 150 valence electrons. The van der Waals surface area contributed by atoms with E-state index in [4.69, 9.17) is 0 Å². The third-order valence-corrected chi connectivity index (χ3v) is 5.41. The zero-order chi connectivity index (χ0) is 20.0. The average Bonchev–Trinajstić information content (AvgIpc) is 2.69. The Morgan fingerprint density at radius 1 is 0.846 bits per heavy atom. The molecule has 0 amide bonds. The molecule has 26 heavy (non-hydrogen) atoms. The Balaban J connectivity index is 2.65. The van der Waals surface area contributed by atoms with Gasteiger partial charge in [0.1, 0.15) is 5.70 Å². The molecule has 0 aliphatic carbocycles. The first-order chi connectivity index (χ1) is 11.7. The normalized spacial score (nSPS) is 24.4. The van der Waals surface area contributed by atoms with E-state index in [0.717, 1.165) is 4.90 Å². The van der Waals surface area contributed by atoms with Gasteiger partial charge < -0.3 is 4.90 Å². The molecule has 2 aliphatic rings. The molecular weight excluding hydrogens is 406 g/mol. The van der Waals surface area contributed by atoms with Crippen molar-refractivity contribution in [3.8, 4) is 0 Å². The Bertz CT molecular complexity index is 580. The maximum absolute atomic E-state index is 13.6. The first-order valence-electron chi connectivity index (χ1n) is 7.35. The van der Waals surface area contributed by atoms with Crippen LogP contribution in [0.5, 0.6) is 0 Å². The number of hydrogen-bond acceptors (Lipinski definition) is 3. The van der Waals surface area contributed by atoms with E-state index in [1.807, 2.05) is 0 Å². The minimum atomic E-state index is -6.25. The Kier molecular flexibility index (Phi) is 5.52. The zero-order valence-corrected chi connectivity index (χ0v) is 13.6. The van der Waals surface area contributed by atoms with Gasteiger partial charge in [0.15, 0.2) is 5.17 Å². The molecule has 0 saturated carbocycles. The molecule has 0 aromatic heterocycles. The zero-order valence-electron chi connectivity index (χ0n) is 12.8. The summed E-state index contributed by atoms with van der Waals surface area (Å²) in [5.74, 6) is -3.50. The fourth-order valence-corrected chi connectivity index (χ4v) is 3.85. The van der Waals surface area contributed by atoms with Crippen LogP contribution in [0.1, 0.15) is 25.7 Å². The fraction of sp³-hybridized carbons (Fsp3) is 0.769. The van der Waals surface area contributed by atoms with Crippen LogP contribution in [-0.4, -0.2) is 46.4 Å². The first-order valence-corrected chi connectivity index (χ1v) is 8.17. The Morgan fingerprint density at radius 2 is 1.31 bits per heavy atom. The second-order valence-corrected chi connectivity index (χ2v) is 6.92. The molecule has 0 aromatic carbocycles. The topological polar surface area (TPSA) is 15.6 Å². The number of nitrogens with zero attached hydrogens (tertiary/aromatic N) is 2. The van der Waals surface area contributed by atoms with Crippen molar-refractivity contribution >= 4 is 16.9 Å². The Hall–Kier alpha value is -1.14. The van der Waals surface area contributed by atoms with Crippen molar-refractivity contribution in [1.29, 1.82) is 0 Å². The van der Waals surface area contributed by atoms with Gasteiger partial charge in [-0.3, -0.25) is 0 Å². The number of hydrogen-bond donors (Lipinski definition) is 0. The van der Waals surface area contributed by atoms with Crippen LogP contribution in [0.25, 0.3) is 0 Å². The number of aliphatic imine (C=N–C) groups is 1. The summed E-state index contributed by atoms with van der Waals surface area (Å²) in [7, 11) is 0. The van der Waals surface area contributed by atoms with Gasteiger partial charge >= 0.3 is 18.5 Å². The quantitative estimate of drug-likeness (QED) is 0.478. The summed E-state index contributed by atoms with van der Waals surface area (Å²) < 4.78 is 126. The van der Waals surface area contributed by atoms with E-state index < -0.39 is 51.7 Å². The van der Waals surface area contributed by atoms with E-state index in [9.17, 15) is 43.9 Å². The lowest BCUT2D eigenvalue weighted by molar-refractivity contribution is -0.253. The molecule has 2 nitrogen and oxygen atoms in total.